The number of aliphatic imine (C=N–C) groups is 1. The molecule has 0 radical (unpaired) electrons. The molecule has 1 fully saturated rings. The fraction of sp³-hybridized carbons (Fsp3) is 0.652. The van der Waals surface area contributed by atoms with Crippen molar-refractivity contribution in [2.45, 2.75) is 46.1 Å². The summed E-state index contributed by atoms with van der Waals surface area (Å²) in [5.41, 5.74) is 1.18. The van der Waals surface area contributed by atoms with Crippen LogP contribution < -0.4 is 15.4 Å². The number of amides is 1. The fourth-order valence-electron chi connectivity index (χ4n) is 3.95. The molecule has 1 aromatic carbocycles. The Labute approximate surface area is 181 Å². The highest BCUT2D eigenvalue weighted by Crippen LogP contribution is 2.31. The maximum absolute atomic E-state index is 12.2. The monoisotopic (exact) mass is 417 g/mol. The van der Waals surface area contributed by atoms with Gasteiger partial charge in [-0.2, -0.15) is 0 Å². The van der Waals surface area contributed by atoms with Gasteiger partial charge < -0.3 is 20.3 Å². The Balaban J connectivity index is 2.07. The normalized spacial score (nSPS) is 15.7. The highest BCUT2D eigenvalue weighted by molar-refractivity contribution is 5.81. The van der Waals surface area contributed by atoms with E-state index in [1.807, 2.05) is 30.9 Å². The second-order valence-electron chi connectivity index (χ2n) is 7.46. The van der Waals surface area contributed by atoms with Crippen LogP contribution in [0.4, 0.5) is 0 Å². The van der Waals surface area contributed by atoms with Crippen molar-refractivity contribution in [1.29, 1.82) is 0 Å². The second-order valence-corrected chi connectivity index (χ2v) is 7.46. The van der Waals surface area contributed by atoms with E-state index in [0.717, 1.165) is 44.4 Å². The number of benzene rings is 1. The van der Waals surface area contributed by atoms with E-state index in [-0.39, 0.29) is 11.9 Å². The number of methoxy groups -OCH3 is 1. The Morgan fingerprint density at radius 2 is 1.87 bits per heavy atom. The molecule has 2 rings (SSSR count). The lowest BCUT2D eigenvalue weighted by molar-refractivity contribution is -0.130. The van der Waals surface area contributed by atoms with Crippen LogP contribution in [0.25, 0.3) is 0 Å². The predicted molar refractivity (Wildman–Crippen MR) is 123 cm³/mol. The molecule has 7 nitrogen and oxygen atoms in total. The molecule has 1 aromatic rings. The molecule has 1 aliphatic rings. The predicted octanol–water partition coefficient (Wildman–Crippen LogP) is 2.65. The van der Waals surface area contributed by atoms with E-state index in [0.29, 0.717) is 19.5 Å². The lowest BCUT2D eigenvalue weighted by atomic mass is 10.0. The smallest absolute Gasteiger partial charge is 0.224 e. The minimum Gasteiger partial charge on any atom is -0.496 e. The molecule has 1 aliphatic heterocycles. The molecule has 168 valence electrons. The molecule has 1 unspecified atom stereocenters. The summed E-state index contributed by atoms with van der Waals surface area (Å²) in [5.74, 6) is 1.84. The Bertz CT molecular complexity index is 669. The molecule has 1 atom stereocenters. The number of nitrogens with zero attached hydrogens (tertiary/aromatic N) is 3. The van der Waals surface area contributed by atoms with Gasteiger partial charge in [0.1, 0.15) is 5.75 Å². The zero-order valence-electron chi connectivity index (χ0n) is 19.1. The van der Waals surface area contributed by atoms with Crippen LogP contribution in [0.3, 0.4) is 0 Å². The molecule has 0 saturated carbocycles. The van der Waals surface area contributed by atoms with E-state index >= 15 is 0 Å². The van der Waals surface area contributed by atoms with Crippen LogP contribution >= 0.6 is 0 Å². The molecule has 1 saturated heterocycles. The lowest BCUT2D eigenvalue weighted by Crippen LogP contribution is -2.40. The Kier molecular flexibility index (Phi) is 10.5. The number of para-hydroxylation sites is 1. The van der Waals surface area contributed by atoms with Gasteiger partial charge in [-0.25, -0.2) is 0 Å². The number of hydrogen-bond acceptors (Lipinski definition) is 4. The number of carbonyl (C=O) groups is 1. The first-order valence-electron chi connectivity index (χ1n) is 11.3. The standard InChI is InChI=1S/C23H39N5O2/c1-5-24-23(25-15-14-22(29)27(6-2)7-3)26-18-20(28-16-10-11-17-28)19-12-8-9-13-21(19)30-4/h8-9,12-13,20H,5-7,10-11,14-18H2,1-4H3,(H2,24,25,26). The van der Waals surface area contributed by atoms with Gasteiger partial charge in [-0.3, -0.25) is 14.7 Å². The average molecular weight is 418 g/mol. The van der Waals surface area contributed by atoms with Gasteiger partial charge in [-0.15, -0.1) is 0 Å². The quantitative estimate of drug-likeness (QED) is 0.428. The molecule has 0 aliphatic carbocycles. The highest BCUT2D eigenvalue weighted by atomic mass is 16.5. The number of guanidine groups is 1. The zero-order valence-corrected chi connectivity index (χ0v) is 19.1. The van der Waals surface area contributed by atoms with E-state index in [9.17, 15) is 4.79 Å². The summed E-state index contributed by atoms with van der Waals surface area (Å²) in [6.45, 7) is 11.7. The lowest BCUT2D eigenvalue weighted by Gasteiger charge is -2.28. The largest absolute Gasteiger partial charge is 0.496 e. The number of carbonyl (C=O) groups excluding carboxylic acids is 1. The summed E-state index contributed by atoms with van der Waals surface area (Å²) in [6, 6.07) is 8.40. The molecular weight excluding hydrogens is 378 g/mol. The summed E-state index contributed by atoms with van der Waals surface area (Å²) in [5, 5.41) is 6.63. The third-order valence-corrected chi connectivity index (χ3v) is 5.59. The third-order valence-electron chi connectivity index (χ3n) is 5.59. The first-order valence-corrected chi connectivity index (χ1v) is 11.3. The van der Waals surface area contributed by atoms with E-state index in [4.69, 9.17) is 9.73 Å². The average Bonchev–Trinajstić information content (AvgIpc) is 3.29. The minimum atomic E-state index is 0.173. The first kappa shape index (κ1) is 24.0. The van der Waals surface area contributed by atoms with Gasteiger partial charge in [0.25, 0.3) is 0 Å². The summed E-state index contributed by atoms with van der Waals surface area (Å²) < 4.78 is 5.63. The Morgan fingerprint density at radius 3 is 2.50 bits per heavy atom. The van der Waals surface area contributed by atoms with Crippen LogP contribution in [0.15, 0.2) is 29.3 Å². The molecular formula is C23H39N5O2. The van der Waals surface area contributed by atoms with Crippen LogP contribution in [-0.4, -0.2) is 74.6 Å². The van der Waals surface area contributed by atoms with Gasteiger partial charge in [0, 0.05) is 38.2 Å². The van der Waals surface area contributed by atoms with Gasteiger partial charge in [0.2, 0.25) is 5.91 Å². The Hall–Kier alpha value is -2.28. The number of ether oxygens (including phenoxy) is 1. The van der Waals surface area contributed by atoms with Gasteiger partial charge in [-0.05, 0) is 52.8 Å². The highest BCUT2D eigenvalue weighted by Gasteiger charge is 2.25. The summed E-state index contributed by atoms with van der Waals surface area (Å²) in [6.07, 6.45) is 2.91. The number of rotatable bonds is 11. The molecule has 30 heavy (non-hydrogen) atoms. The fourth-order valence-corrected chi connectivity index (χ4v) is 3.95. The topological polar surface area (TPSA) is 69.2 Å². The molecule has 0 spiro atoms. The third kappa shape index (κ3) is 6.90. The zero-order chi connectivity index (χ0) is 21.8. The van der Waals surface area contributed by atoms with Gasteiger partial charge in [0.05, 0.1) is 19.7 Å². The maximum atomic E-state index is 12.2. The van der Waals surface area contributed by atoms with Crippen molar-refractivity contribution in [2.24, 2.45) is 4.99 Å². The molecule has 0 bridgehead atoms. The molecule has 0 aromatic heterocycles. The van der Waals surface area contributed by atoms with Crippen LogP contribution in [0.2, 0.25) is 0 Å². The molecule has 2 N–H and O–H groups in total. The number of likely N-dealkylation sites (tertiary alicyclic amines) is 1. The van der Waals surface area contributed by atoms with E-state index in [2.05, 4.69) is 34.6 Å². The minimum absolute atomic E-state index is 0.173. The second kappa shape index (κ2) is 13.1. The summed E-state index contributed by atoms with van der Waals surface area (Å²) in [4.78, 5) is 21.5. The maximum Gasteiger partial charge on any atom is 0.224 e. The molecule has 1 amide bonds. The van der Waals surface area contributed by atoms with Crippen LogP contribution in [0, 0.1) is 0 Å². The van der Waals surface area contributed by atoms with E-state index in [1.54, 1.807) is 7.11 Å². The molecule has 7 heteroatoms. The van der Waals surface area contributed by atoms with Crippen LogP contribution in [0.5, 0.6) is 5.75 Å². The number of nitrogens with one attached hydrogen (secondary N) is 2. The van der Waals surface area contributed by atoms with Crippen molar-refractivity contribution >= 4 is 11.9 Å². The van der Waals surface area contributed by atoms with Crippen LogP contribution in [0.1, 0.15) is 51.6 Å². The van der Waals surface area contributed by atoms with Crippen molar-refractivity contribution < 1.29 is 9.53 Å². The molecule has 1 heterocycles. The van der Waals surface area contributed by atoms with Crippen LogP contribution in [-0.2, 0) is 4.79 Å². The Morgan fingerprint density at radius 1 is 1.17 bits per heavy atom. The van der Waals surface area contributed by atoms with Gasteiger partial charge in [-0.1, -0.05) is 18.2 Å². The van der Waals surface area contributed by atoms with Gasteiger partial charge >= 0.3 is 0 Å². The summed E-state index contributed by atoms with van der Waals surface area (Å²) >= 11 is 0. The van der Waals surface area contributed by atoms with Crippen molar-refractivity contribution in [3.63, 3.8) is 0 Å². The van der Waals surface area contributed by atoms with E-state index < -0.39 is 0 Å². The van der Waals surface area contributed by atoms with E-state index in [1.165, 1.54) is 18.4 Å². The first-order chi connectivity index (χ1) is 14.6. The number of hydrogen-bond donors (Lipinski definition) is 2. The van der Waals surface area contributed by atoms with Crippen molar-refractivity contribution in [3.8, 4) is 5.75 Å². The van der Waals surface area contributed by atoms with Crippen molar-refractivity contribution in [1.82, 2.24) is 20.4 Å². The van der Waals surface area contributed by atoms with Gasteiger partial charge in [0.15, 0.2) is 5.96 Å². The SMILES string of the molecule is CCNC(=NCC(c1ccccc1OC)N1CCCC1)NCCC(=O)N(CC)CC. The van der Waals surface area contributed by atoms with Crippen molar-refractivity contribution in [3.05, 3.63) is 29.8 Å². The summed E-state index contributed by atoms with van der Waals surface area (Å²) in [7, 11) is 1.72. The van der Waals surface area contributed by atoms with Crippen molar-refractivity contribution in [2.75, 3.05) is 52.9 Å².